The molecule has 1 saturated heterocycles. The second-order valence-corrected chi connectivity index (χ2v) is 7.32. The number of hydrogen-bond donors (Lipinski definition) is 0. The van der Waals surface area contributed by atoms with Crippen molar-refractivity contribution >= 4 is 17.7 Å². The molecule has 0 bridgehead atoms. The molecule has 2 rings (SSSR count). The van der Waals surface area contributed by atoms with Gasteiger partial charge in [0.15, 0.2) is 0 Å². The van der Waals surface area contributed by atoms with Gasteiger partial charge in [0.05, 0.1) is 18.9 Å². The molecule has 0 atom stereocenters. The Hall–Kier alpha value is 1.36. The van der Waals surface area contributed by atoms with Crippen molar-refractivity contribution in [2.24, 2.45) is 5.92 Å². The molecule has 1 aliphatic rings. The summed E-state index contributed by atoms with van der Waals surface area (Å²) >= 11 is 0. The summed E-state index contributed by atoms with van der Waals surface area (Å²) in [6.45, 7) is 7.16. The van der Waals surface area contributed by atoms with Crippen molar-refractivity contribution in [1.82, 2.24) is 4.90 Å². The van der Waals surface area contributed by atoms with Crippen molar-refractivity contribution in [2.45, 2.75) is 39.7 Å². The Morgan fingerprint density at radius 2 is 1.80 bits per heavy atom. The van der Waals surface area contributed by atoms with Gasteiger partial charge in [0.25, 0.3) is 0 Å². The van der Waals surface area contributed by atoms with Crippen LogP contribution in [0.15, 0.2) is 24.3 Å². The Kier molecular flexibility index (Phi) is 18.6. The molecule has 9 heteroatoms. The Labute approximate surface area is 277 Å². The number of imide groups is 1. The van der Waals surface area contributed by atoms with Gasteiger partial charge >= 0.3 is 116 Å². The Bertz CT molecular complexity index is 669. The molecule has 1 fully saturated rings. The molecule has 1 heterocycles. The van der Waals surface area contributed by atoms with Gasteiger partial charge in [-0.2, -0.15) is 0 Å². The summed E-state index contributed by atoms with van der Waals surface area (Å²) in [5, 5.41) is 8.38. The van der Waals surface area contributed by atoms with Crippen LogP contribution in [-0.2, 0) is 32.1 Å². The summed E-state index contributed by atoms with van der Waals surface area (Å²) in [6, 6.07) is 7.34. The van der Waals surface area contributed by atoms with Gasteiger partial charge < -0.3 is 20.2 Å². The number of carbonyl (C=O) groups is 3. The standard InChI is InChI=1S/C21H30N3O4.2Rb/c1-16(2)13-22-9-3-11-28-15-19(25)23-14-18-6-4-17(5-7-18)12-21(27)24-10-8-20(24)26;;/h4-7,16H,3,8-15H2,1-2H3,(H,23,25);;/q-1;2*+1/p-1. The fourth-order valence-corrected chi connectivity index (χ4v) is 2.62. The van der Waals surface area contributed by atoms with Gasteiger partial charge in [-0.25, -0.2) is 0 Å². The summed E-state index contributed by atoms with van der Waals surface area (Å²) in [4.78, 5) is 36.2. The van der Waals surface area contributed by atoms with Crippen LogP contribution in [0, 0.1) is 5.92 Å². The minimum absolute atomic E-state index is 0. The van der Waals surface area contributed by atoms with Gasteiger partial charge in [-0.1, -0.05) is 49.6 Å². The minimum atomic E-state index is -0.283. The maximum atomic E-state index is 11.9. The van der Waals surface area contributed by atoms with E-state index in [-0.39, 0.29) is 154 Å². The summed E-state index contributed by atoms with van der Waals surface area (Å²) in [5.41, 5.74) is 1.73. The number of β-lactam (4-membered cyclic amide) rings is 1. The molecule has 1 aromatic rings. The zero-order chi connectivity index (χ0) is 20.4. The fraction of sp³-hybridized carbons (Fsp3) is 0.571. The zero-order valence-electron chi connectivity index (χ0n) is 18.7. The third kappa shape index (κ3) is 12.6. The topological polar surface area (TPSA) is 91.9 Å². The van der Waals surface area contributed by atoms with Gasteiger partial charge in [-0.3, -0.25) is 14.5 Å². The first-order valence-electron chi connectivity index (χ1n) is 9.78. The average molecular weight is 558 g/mol. The van der Waals surface area contributed by atoms with E-state index in [0.717, 1.165) is 30.6 Å². The number of rotatable bonds is 12. The van der Waals surface area contributed by atoms with Crippen molar-refractivity contribution in [1.29, 1.82) is 0 Å². The van der Waals surface area contributed by atoms with Crippen molar-refractivity contribution in [2.75, 3.05) is 32.8 Å². The van der Waals surface area contributed by atoms with Gasteiger partial charge in [-0.05, 0) is 12.0 Å². The van der Waals surface area contributed by atoms with Gasteiger partial charge in [0, 0.05) is 19.6 Å². The first-order chi connectivity index (χ1) is 13.5. The predicted molar refractivity (Wildman–Crippen MR) is 107 cm³/mol. The number of nitrogens with zero attached hydrogens (tertiary/aromatic N) is 3. The minimum Gasteiger partial charge on any atom is -0.662 e. The molecule has 0 N–H and O–H groups in total. The van der Waals surface area contributed by atoms with E-state index < -0.39 is 0 Å². The summed E-state index contributed by atoms with van der Waals surface area (Å²) in [7, 11) is 0. The van der Waals surface area contributed by atoms with Crippen molar-refractivity contribution in [3.63, 3.8) is 0 Å². The molecule has 154 valence electrons. The largest absolute Gasteiger partial charge is 1.00 e. The van der Waals surface area contributed by atoms with E-state index in [2.05, 4.69) is 24.5 Å². The van der Waals surface area contributed by atoms with Gasteiger partial charge in [-0.15, -0.1) is 19.6 Å². The molecule has 0 radical (unpaired) electrons. The monoisotopic (exact) mass is 557 g/mol. The smallest absolute Gasteiger partial charge is 0.662 e. The van der Waals surface area contributed by atoms with E-state index in [1.54, 1.807) is 0 Å². The third-order valence-electron chi connectivity index (χ3n) is 4.29. The SMILES string of the molecule is CC(C)C[N-]CCCOCC(=O)[N-]Cc1ccc(CC(=O)N2CCC2=O)cc1.[Rb+].[Rb+]. The van der Waals surface area contributed by atoms with Crippen LogP contribution in [0.3, 0.4) is 0 Å². The molecule has 3 amide bonds. The van der Waals surface area contributed by atoms with Gasteiger partial charge in [0.1, 0.15) is 0 Å². The molecule has 1 aromatic carbocycles. The second-order valence-electron chi connectivity index (χ2n) is 7.32. The predicted octanol–water partition coefficient (Wildman–Crippen LogP) is -3.17. The van der Waals surface area contributed by atoms with Crippen LogP contribution in [0.25, 0.3) is 10.6 Å². The normalized spacial score (nSPS) is 12.6. The summed E-state index contributed by atoms with van der Waals surface area (Å²) in [6.07, 6.45) is 1.47. The number of likely N-dealkylation sites (tertiary alicyclic amines) is 1. The van der Waals surface area contributed by atoms with E-state index >= 15 is 0 Å². The molecule has 0 spiro atoms. The van der Waals surface area contributed by atoms with Crippen LogP contribution < -0.4 is 116 Å². The van der Waals surface area contributed by atoms with Crippen molar-refractivity contribution < 1.29 is 135 Å². The first kappa shape index (κ1) is 31.4. The molecular formula is C21H29N3O4Rb2. The van der Waals surface area contributed by atoms with Crippen LogP contribution >= 0.6 is 0 Å². The molecule has 30 heavy (non-hydrogen) atoms. The Morgan fingerprint density at radius 1 is 1.13 bits per heavy atom. The van der Waals surface area contributed by atoms with E-state index in [4.69, 9.17) is 4.74 Å². The maximum Gasteiger partial charge on any atom is 1.00 e. The molecule has 1 aliphatic heterocycles. The molecule has 0 unspecified atom stereocenters. The first-order valence-corrected chi connectivity index (χ1v) is 9.78. The van der Waals surface area contributed by atoms with E-state index in [1.807, 2.05) is 24.3 Å². The number of amides is 3. The van der Waals surface area contributed by atoms with Crippen LogP contribution in [-0.4, -0.2) is 55.5 Å². The van der Waals surface area contributed by atoms with Gasteiger partial charge in [0.2, 0.25) is 11.8 Å². The number of ether oxygens (including phenoxy) is 1. The Balaban J connectivity index is 0.00000420. The van der Waals surface area contributed by atoms with Crippen LogP contribution in [0.2, 0.25) is 0 Å². The van der Waals surface area contributed by atoms with Crippen LogP contribution in [0.5, 0.6) is 0 Å². The fourth-order valence-electron chi connectivity index (χ4n) is 2.62. The average Bonchev–Trinajstić information content (AvgIpc) is 2.65. The quantitative estimate of drug-likeness (QED) is 0.200. The molecule has 0 aliphatic carbocycles. The second kappa shape index (κ2) is 17.8. The van der Waals surface area contributed by atoms with Crippen LogP contribution in [0.4, 0.5) is 0 Å². The third-order valence-corrected chi connectivity index (χ3v) is 4.29. The van der Waals surface area contributed by atoms with Crippen molar-refractivity contribution in [3.05, 3.63) is 46.0 Å². The number of benzene rings is 1. The number of carbonyl (C=O) groups excluding carboxylic acids is 3. The van der Waals surface area contributed by atoms with Crippen molar-refractivity contribution in [3.8, 4) is 0 Å². The molecule has 7 nitrogen and oxygen atoms in total. The van der Waals surface area contributed by atoms with E-state index in [0.29, 0.717) is 25.5 Å². The molecular weight excluding hydrogens is 529 g/mol. The zero-order valence-corrected chi connectivity index (χ0v) is 28.6. The van der Waals surface area contributed by atoms with E-state index in [9.17, 15) is 14.4 Å². The van der Waals surface area contributed by atoms with E-state index in [1.165, 1.54) is 4.90 Å². The Morgan fingerprint density at radius 3 is 2.37 bits per heavy atom. The summed E-state index contributed by atoms with van der Waals surface area (Å²) in [5.74, 6) is 0.0133. The van der Waals surface area contributed by atoms with Crippen LogP contribution in [0.1, 0.15) is 37.8 Å². The summed E-state index contributed by atoms with van der Waals surface area (Å²) < 4.78 is 5.33. The number of hydrogen-bond acceptors (Lipinski definition) is 4. The maximum absolute atomic E-state index is 11.9. The molecule has 0 saturated carbocycles. The molecule has 0 aromatic heterocycles.